The van der Waals surface area contributed by atoms with E-state index in [2.05, 4.69) is 26.3 Å². The van der Waals surface area contributed by atoms with Gasteiger partial charge in [-0.1, -0.05) is 6.58 Å². The van der Waals surface area contributed by atoms with E-state index in [0.717, 1.165) is 43.1 Å². The van der Waals surface area contributed by atoms with Crippen molar-refractivity contribution in [1.82, 2.24) is 19.5 Å². The number of aryl methyl sites for hydroxylation is 1. The lowest BCUT2D eigenvalue weighted by molar-refractivity contribution is 0.265. The van der Waals surface area contributed by atoms with E-state index in [4.69, 9.17) is 14.7 Å². The highest BCUT2D eigenvalue weighted by Gasteiger charge is 2.45. The Bertz CT molecular complexity index is 989. The van der Waals surface area contributed by atoms with E-state index in [0.29, 0.717) is 47.7 Å². The molecule has 1 saturated carbocycles. The lowest BCUT2D eigenvalue weighted by atomic mass is 10.2. The van der Waals surface area contributed by atoms with Crippen molar-refractivity contribution in [3.8, 4) is 0 Å². The van der Waals surface area contributed by atoms with Gasteiger partial charge in [0.05, 0.1) is 25.3 Å². The van der Waals surface area contributed by atoms with Crippen LogP contribution in [0.15, 0.2) is 17.7 Å². The second-order valence-corrected chi connectivity index (χ2v) is 9.53. The monoisotopic (exact) mass is 430 g/mol. The Morgan fingerprint density at radius 1 is 1.37 bits per heavy atom. The summed E-state index contributed by atoms with van der Waals surface area (Å²) in [5.41, 5.74) is 1.26. The molecule has 30 heavy (non-hydrogen) atoms. The molecule has 9 nitrogen and oxygen atoms in total. The average Bonchev–Trinajstić information content (AvgIpc) is 3.21. The number of imidazole rings is 1. The number of aliphatic hydroxyl groups is 1. The number of fused-ring (bicyclic) bond motifs is 2. The molecule has 1 aliphatic carbocycles. The molecule has 10 heteroatoms. The number of aliphatic hydroxyl groups excluding tert-OH is 1. The first-order valence-electron chi connectivity index (χ1n) is 10.3. The Morgan fingerprint density at radius 3 is 2.93 bits per heavy atom. The Morgan fingerprint density at radius 2 is 2.20 bits per heavy atom. The minimum Gasteiger partial charge on any atom is -0.611 e. The van der Waals surface area contributed by atoms with Gasteiger partial charge in [0.2, 0.25) is 10.8 Å². The van der Waals surface area contributed by atoms with Crippen LogP contribution in [0.2, 0.25) is 0 Å². The van der Waals surface area contributed by atoms with Gasteiger partial charge < -0.3 is 29.2 Å². The van der Waals surface area contributed by atoms with E-state index in [1.54, 1.807) is 0 Å². The van der Waals surface area contributed by atoms with Crippen LogP contribution in [0, 0.1) is 0 Å². The largest absolute Gasteiger partial charge is 0.611 e. The zero-order valence-corrected chi connectivity index (χ0v) is 17.9. The van der Waals surface area contributed by atoms with Crippen LogP contribution in [-0.2, 0) is 35.4 Å². The maximum absolute atomic E-state index is 12.5. The fraction of sp³-hybridized carbons (Fsp3) is 0.550. The van der Waals surface area contributed by atoms with Crippen molar-refractivity contribution in [3.63, 3.8) is 0 Å². The zero-order valence-electron chi connectivity index (χ0n) is 17.1. The van der Waals surface area contributed by atoms with E-state index >= 15 is 0 Å². The SMILES string of the molecule is C=C(OCC)c1cn2c(n1)CN(c1nc3c(c(NC4(CO)CC4)n1)[S+]([O-])CC3)CC2. The molecule has 1 atom stereocenters. The van der Waals surface area contributed by atoms with Gasteiger partial charge >= 0.3 is 0 Å². The van der Waals surface area contributed by atoms with Gasteiger partial charge in [0.15, 0.2) is 5.82 Å². The highest BCUT2D eigenvalue weighted by atomic mass is 32.2. The van der Waals surface area contributed by atoms with E-state index in [-0.39, 0.29) is 12.1 Å². The third-order valence-corrected chi connectivity index (χ3v) is 7.36. The molecule has 2 aliphatic heterocycles. The van der Waals surface area contributed by atoms with E-state index in [9.17, 15) is 9.66 Å². The van der Waals surface area contributed by atoms with Crippen LogP contribution in [0.25, 0.3) is 5.76 Å². The number of nitrogens with zero attached hydrogens (tertiary/aromatic N) is 5. The Kier molecular flexibility index (Phi) is 4.87. The fourth-order valence-corrected chi connectivity index (χ4v) is 5.25. The van der Waals surface area contributed by atoms with E-state index in [1.807, 2.05) is 13.1 Å². The van der Waals surface area contributed by atoms with Crippen LogP contribution < -0.4 is 10.2 Å². The van der Waals surface area contributed by atoms with Crippen LogP contribution in [0.1, 0.15) is 37.0 Å². The number of hydrogen-bond acceptors (Lipinski definition) is 8. The summed E-state index contributed by atoms with van der Waals surface area (Å²) in [7, 11) is 0. The van der Waals surface area contributed by atoms with Gasteiger partial charge in [0.25, 0.3) is 0 Å². The molecule has 0 aromatic carbocycles. The molecule has 0 spiro atoms. The Balaban J connectivity index is 1.43. The molecule has 2 N–H and O–H groups in total. The van der Waals surface area contributed by atoms with Gasteiger partial charge in [0, 0.05) is 25.7 Å². The van der Waals surface area contributed by atoms with Crippen LogP contribution >= 0.6 is 0 Å². The van der Waals surface area contributed by atoms with Gasteiger partial charge in [-0.2, -0.15) is 4.98 Å². The summed E-state index contributed by atoms with van der Waals surface area (Å²) in [4.78, 5) is 17.0. The third kappa shape index (κ3) is 3.42. The van der Waals surface area contributed by atoms with Gasteiger partial charge in [-0.3, -0.25) is 0 Å². The number of nitrogens with one attached hydrogen (secondary N) is 1. The Labute approximate surface area is 178 Å². The highest BCUT2D eigenvalue weighted by Crippen LogP contribution is 2.41. The van der Waals surface area contributed by atoms with Gasteiger partial charge in [0.1, 0.15) is 28.7 Å². The van der Waals surface area contributed by atoms with Crippen LogP contribution in [0.3, 0.4) is 0 Å². The lowest BCUT2D eigenvalue weighted by Crippen LogP contribution is -2.35. The van der Waals surface area contributed by atoms with Crippen molar-refractivity contribution >= 4 is 28.7 Å². The smallest absolute Gasteiger partial charge is 0.228 e. The molecule has 0 bridgehead atoms. The molecule has 3 aliphatic rings. The summed E-state index contributed by atoms with van der Waals surface area (Å²) >= 11 is -1.10. The first kappa shape index (κ1) is 19.7. The quantitative estimate of drug-likeness (QED) is 0.499. The summed E-state index contributed by atoms with van der Waals surface area (Å²) < 4.78 is 20.1. The molecule has 2 aromatic heterocycles. The molecule has 5 rings (SSSR count). The van der Waals surface area contributed by atoms with Crippen LogP contribution in [0.5, 0.6) is 0 Å². The van der Waals surface area contributed by atoms with Gasteiger partial charge in [-0.25, -0.2) is 9.97 Å². The molecule has 0 saturated heterocycles. The number of aromatic nitrogens is 4. The van der Waals surface area contributed by atoms with Crippen LogP contribution in [-0.4, -0.2) is 60.2 Å². The molecule has 160 valence electrons. The van der Waals surface area contributed by atoms with Crippen molar-refractivity contribution in [1.29, 1.82) is 0 Å². The fourth-order valence-electron chi connectivity index (χ4n) is 3.94. The van der Waals surface area contributed by atoms with Crippen molar-refractivity contribution in [2.45, 2.75) is 49.7 Å². The second-order valence-electron chi connectivity index (χ2n) is 8.02. The minimum absolute atomic E-state index is 0.0430. The standard InChI is InChI=1S/C20H26N6O3S/c1-3-29-13(2)15-10-25-7-8-26(11-16(25)21-15)19-22-14-4-9-30(28)17(14)18(23-19)24-20(12-27)5-6-20/h10,27H,2-9,11-12H2,1H3,(H,22,23,24). The number of hydrogen-bond donors (Lipinski definition) is 2. The van der Waals surface area contributed by atoms with E-state index < -0.39 is 11.2 Å². The minimum atomic E-state index is -1.10. The summed E-state index contributed by atoms with van der Waals surface area (Å²) in [5, 5.41) is 13.1. The zero-order chi connectivity index (χ0) is 20.9. The summed E-state index contributed by atoms with van der Waals surface area (Å²) in [6.45, 7) is 8.56. The lowest BCUT2D eigenvalue weighted by Gasteiger charge is -2.28. The first-order chi connectivity index (χ1) is 14.5. The third-order valence-electron chi connectivity index (χ3n) is 5.91. The molecule has 1 unspecified atom stereocenters. The molecule has 4 heterocycles. The summed E-state index contributed by atoms with van der Waals surface area (Å²) in [5.74, 6) is 3.28. The van der Waals surface area contributed by atoms with Crippen molar-refractivity contribution < 1.29 is 14.4 Å². The first-order valence-corrected chi connectivity index (χ1v) is 11.7. The van der Waals surface area contributed by atoms with Crippen molar-refractivity contribution in [3.05, 3.63) is 30.0 Å². The molecule has 1 fully saturated rings. The summed E-state index contributed by atoms with van der Waals surface area (Å²) in [6.07, 6.45) is 4.43. The van der Waals surface area contributed by atoms with Crippen LogP contribution in [0.4, 0.5) is 11.8 Å². The average molecular weight is 431 g/mol. The van der Waals surface area contributed by atoms with Crippen molar-refractivity contribution in [2.24, 2.45) is 0 Å². The molecular formula is C20H26N6O3S. The predicted molar refractivity (Wildman–Crippen MR) is 114 cm³/mol. The Hall–Kier alpha value is -2.30. The van der Waals surface area contributed by atoms with Crippen molar-refractivity contribution in [2.75, 3.05) is 35.7 Å². The van der Waals surface area contributed by atoms with E-state index in [1.165, 1.54) is 0 Å². The van der Waals surface area contributed by atoms with Gasteiger partial charge in [-0.05, 0) is 30.9 Å². The maximum Gasteiger partial charge on any atom is 0.228 e. The molecule has 0 amide bonds. The number of ether oxygens (including phenoxy) is 1. The number of anilines is 2. The topological polar surface area (TPSA) is 111 Å². The second kappa shape index (κ2) is 7.44. The molecular weight excluding hydrogens is 404 g/mol. The number of rotatable bonds is 7. The van der Waals surface area contributed by atoms with Gasteiger partial charge in [-0.15, -0.1) is 0 Å². The molecule has 2 aromatic rings. The maximum atomic E-state index is 12.5. The normalized spacial score (nSPS) is 21.2. The molecule has 0 radical (unpaired) electrons. The predicted octanol–water partition coefficient (Wildman–Crippen LogP) is 1.30. The highest BCUT2D eigenvalue weighted by molar-refractivity contribution is 7.91. The summed E-state index contributed by atoms with van der Waals surface area (Å²) in [6, 6.07) is 0.